The van der Waals surface area contributed by atoms with Crippen LogP contribution >= 0.6 is 0 Å². The molecule has 0 spiro atoms. The van der Waals surface area contributed by atoms with Crippen LogP contribution in [-0.2, 0) is 12.8 Å². The second kappa shape index (κ2) is 4.86. The molecule has 0 unspecified atom stereocenters. The Morgan fingerprint density at radius 3 is 1.92 bits per heavy atom. The van der Waals surface area contributed by atoms with Gasteiger partial charge >= 0.3 is 0 Å². The van der Waals surface area contributed by atoms with Crippen LogP contribution < -0.4 is 0 Å². The summed E-state index contributed by atoms with van der Waals surface area (Å²) in [6.07, 6.45) is 2.16. The van der Waals surface area contributed by atoms with Gasteiger partial charge in [0.15, 0.2) is 0 Å². The number of rotatable bonds is 0. The second-order valence-corrected chi connectivity index (χ2v) is 7.99. The molecule has 26 heavy (non-hydrogen) atoms. The van der Waals surface area contributed by atoms with E-state index in [4.69, 9.17) is 0 Å². The van der Waals surface area contributed by atoms with Crippen molar-refractivity contribution in [3.05, 3.63) is 94.0 Å². The fraction of sp³-hybridized carbons (Fsp3) is 0.154. The van der Waals surface area contributed by atoms with E-state index < -0.39 is 0 Å². The summed E-state index contributed by atoms with van der Waals surface area (Å²) in [5.74, 6) is 0. The first-order valence-corrected chi connectivity index (χ1v) is 9.46. The van der Waals surface area contributed by atoms with Crippen LogP contribution in [0.15, 0.2) is 60.7 Å². The van der Waals surface area contributed by atoms with E-state index in [-0.39, 0.29) is 0 Å². The molecule has 4 aromatic rings. The molecule has 0 N–H and O–H groups in total. The molecule has 0 amide bonds. The van der Waals surface area contributed by atoms with Gasteiger partial charge in [-0.2, -0.15) is 0 Å². The Balaban J connectivity index is 1.56. The Bertz CT molecular complexity index is 1240. The molecule has 0 aromatic heterocycles. The maximum Gasteiger partial charge on any atom is -0.00102 e. The molecule has 2 aliphatic rings. The topological polar surface area (TPSA) is 0 Å². The lowest BCUT2D eigenvalue weighted by molar-refractivity contribution is 1.16. The molecular formula is C26H20. The van der Waals surface area contributed by atoms with Gasteiger partial charge in [0.25, 0.3) is 0 Å². The van der Waals surface area contributed by atoms with Gasteiger partial charge in [0.1, 0.15) is 0 Å². The van der Waals surface area contributed by atoms with Crippen LogP contribution in [0.1, 0.15) is 33.4 Å². The van der Waals surface area contributed by atoms with E-state index in [0.29, 0.717) is 0 Å². The van der Waals surface area contributed by atoms with Gasteiger partial charge in [-0.05, 0) is 88.0 Å². The average Bonchev–Trinajstić information content (AvgIpc) is 3.16. The van der Waals surface area contributed by atoms with E-state index >= 15 is 0 Å². The third-order valence-electron chi connectivity index (χ3n) is 6.22. The molecule has 2 aliphatic carbocycles. The molecule has 0 saturated heterocycles. The van der Waals surface area contributed by atoms with E-state index in [0.717, 1.165) is 12.8 Å². The van der Waals surface area contributed by atoms with Gasteiger partial charge in [0, 0.05) is 0 Å². The SMILES string of the molecule is Cc1ccc2c(c1)Cc1c-2ccc2c1Cc1cc3cc(C)ccc3cc1-2. The summed E-state index contributed by atoms with van der Waals surface area (Å²) in [6.45, 7) is 4.37. The number of hydrogen-bond acceptors (Lipinski definition) is 0. The quantitative estimate of drug-likeness (QED) is 0.294. The van der Waals surface area contributed by atoms with Gasteiger partial charge in [-0.3, -0.25) is 0 Å². The number of fused-ring (bicyclic) bond motifs is 8. The van der Waals surface area contributed by atoms with Crippen molar-refractivity contribution in [1.82, 2.24) is 0 Å². The van der Waals surface area contributed by atoms with Crippen LogP contribution in [0.3, 0.4) is 0 Å². The summed E-state index contributed by atoms with van der Waals surface area (Å²) < 4.78 is 0. The Morgan fingerprint density at radius 2 is 1.12 bits per heavy atom. The number of hydrogen-bond donors (Lipinski definition) is 0. The van der Waals surface area contributed by atoms with Crippen molar-refractivity contribution in [2.75, 3.05) is 0 Å². The molecule has 0 nitrogen and oxygen atoms in total. The van der Waals surface area contributed by atoms with Crippen LogP contribution in [0, 0.1) is 13.8 Å². The normalized spacial score (nSPS) is 13.5. The zero-order valence-corrected chi connectivity index (χ0v) is 15.2. The smallest absolute Gasteiger partial charge is 0.00102 e. The lowest BCUT2D eigenvalue weighted by Crippen LogP contribution is -1.90. The molecule has 0 bridgehead atoms. The lowest BCUT2D eigenvalue weighted by Gasteiger charge is -2.08. The second-order valence-electron chi connectivity index (χ2n) is 7.99. The van der Waals surface area contributed by atoms with Crippen LogP contribution in [0.4, 0.5) is 0 Å². The monoisotopic (exact) mass is 332 g/mol. The largest absolute Gasteiger partial charge is 0.0587 e. The zero-order chi connectivity index (χ0) is 17.4. The van der Waals surface area contributed by atoms with Gasteiger partial charge in [0.2, 0.25) is 0 Å². The van der Waals surface area contributed by atoms with Crippen molar-refractivity contribution in [2.24, 2.45) is 0 Å². The van der Waals surface area contributed by atoms with E-state index in [2.05, 4.69) is 74.5 Å². The molecule has 0 aliphatic heterocycles. The van der Waals surface area contributed by atoms with Crippen LogP contribution in [0.2, 0.25) is 0 Å². The van der Waals surface area contributed by atoms with Crippen molar-refractivity contribution in [3.63, 3.8) is 0 Å². The highest BCUT2D eigenvalue weighted by molar-refractivity contribution is 5.94. The van der Waals surface area contributed by atoms with Gasteiger partial charge in [0.05, 0.1) is 0 Å². The van der Waals surface area contributed by atoms with Crippen molar-refractivity contribution in [2.45, 2.75) is 26.7 Å². The first-order valence-electron chi connectivity index (χ1n) is 9.46. The summed E-state index contributed by atoms with van der Waals surface area (Å²) in [6, 6.07) is 23.2. The van der Waals surface area contributed by atoms with Gasteiger partial charge in [-0.15, -0.1) is 0 Å². The van der Waals surface area contributed by atoms with Crippen molar-refractivity contribution in [3.8, 4) is 22.3 Å². The lowest BCUT2D eigenvalue weighted by atomic mass is 9.96. The fourth-order valence-corrected chi connectivity index (χ4v) is 4.98. The van der Waals surface area contributed by atoms with Gasteiger partial charge in [-0.25, -0.2) is 0 Å². The molecule has 6 rings (SSSR count). The first-order chi connectivity index (χ1) is 12.7. The molecule has 0 fully saturated rings. The summed E-state index contributed by atoms with van der Waals surface area (Å²) in [4.78, 5) is 0. The molecule has 0 heteroatoms. The Labute approximate surface area is 154 Å². The third kappa shape index (κ3) is 1.85. The Hall–Kier alpha value is -2.86. The minimum Gasteiger partial charge on any atom is -0.0587 e. The summed E-state index contributed by atoms with van der Waals surface area (Å²) >= 11 is 0. The minimum absolute atomic E-state index is 1.07. The van der Waals surface area contributed by atoms with Gasteiger partial charge < -0.3 is 0 Å². The average molecular weight is 332 g/mol. The molecule has 4 aromatic carbocycles. The van der Waals surface area contributed by atoms with E-state index in [9.17, 15) is 0 Å². The predicted octanol–water partition coefficient (Wildman–Crippen LogP) is 6.60. The van der Waals surface area contributed by atoms with E-state index in [1.807, 2.05) is 0 Å². The standard InChI is InChI=1S/C26H20/c1-15-3-5-17-12-24-20(11-18(17)9-15)14-26-23(24)8-7-22-21-6-4-16(2)10-19(21)13-25(22)26/h3-12H,13-14H2,1-2H3. The summed E-state index contributed by atoms with van der Waals surface area (Å²) in [5, 5.41) is 2.72. The summed E-state index contributed by atoms with van der Waals surface area (Å²) in [7, 11) is 0. The predicted molar refractivity (Wildman–Crippen MR) is 110 cm³/mol. The highest BCUT2D eigenvalue weighted by Gasteiger charge is 2.28. The zero-order valence-electron chi connectivity index (χ0n) is 15.2. The first kappa shape index (κ1) is 14.3. The third-order valence-corrected chi connectivity index (χ3v) is 6.22. The fourth-order valence-electron chi connectivity index (χ4n) is 4.98. The van der Waals surface area contributed by atoms with Crippen LogP contribution in [0.25, 0.3) is 33.0 Å². The van der Waals surface area contributed by atoms with Crippen molar-refractivity contribution >= 4 is 10.8 Å². The molecule has 124 valence electrons. The molecular weight excluding hydrogens is 312 g/mol. The van der Waals surface area contributed by atoms with Crippen LogP contribution in [-0.4, -0.2) is 0 Å². The Morgan fingerprint density at radius 1 is 0.500 bits per heavy atom. The van der Waals surface area contributed by atoms with Crippen molar-refractivity contribution in [1.29, 1.82) is 0 Å². The minimum atomic E-state index is 1.07. The highest BCUT2D eigenvalue weighted by Crippen LogP contribution is 2.47. The van der Waals surface area contributed by atoms with Crippen molar-refractivity contribution < 1.29 is 0 Å². The molecule has 0 atom stereocenters. The van der Waals surface area contributed by atoms with Crippen LogP contribution in [0.5, 0.6) is 0 Å². The molecule has 0 radical (unpaired) electrons. The van der Waals surface area contributed by atoms with Gasteiger partial charge in [-0.1, -0.05) is 65.7 Å². The summed E-state index contributed by atoms with van der Waals surface area (Å²) in [5.41, 5.74) is 14.5. The molecule has 0 heterocycles. The molecule has 0 saturated carbocycles. The Kier molecular flexibility index (Phi) is 2.68. The highest BCUT2D eigenvalue weighted by atomic mass is 14.3. The number of benzene rings is 4. The van der Waals surface area contributed by atoms with E-state index in [1.54, 1.807) is 11.1 Å². The van der Waals surface area contributed by atoms with E-state index in [1.165, 1.54) is 55.3 Å². The maximum atomic E-state index is 2.41. The maximum absolute atomic E-state index is 2.41. The number of aryl methyl sites for hydroxylation is 2.